The Morgan fingerprint density at radius 1 is 1.23 bits per heavy atom. The highest BCUT2D eigenvalue weighted by atomic mass is 32.1. The van der Waals surface area contributed by atoms with Gasteiger partial charge >= 0.3 is 0 Å². The van der Waals surface area contributed by atoms with Crippen LogP contribution in [0, 0.1) is 0 Å². The molecule has 11 heteroatoms. The van der Waals surface area contributed by atoms with Crippen LogP contribution in [0.2, 0.25) is 0 Å². The van der Waals surface area contributed by atoms with Gasteiger partial charge in [0.1, 0.15) is 11.7 Å². The van der Waals surface area contributed by atoms with Crippen molar-refractivity contribution in [3.05, 3.63) is 48.0 Å². The number of H-pyrrole nitrogens is 1. The van der Waals surface area contributed by atoms with E-state index < -0.39 is 23.6 Å². The predicted molar refractivity (Wildman–Crippen MR) is 90.9 cm³/mol. The molecule has 3 heterocycles. The number of Topliss-reactive ketones (excluding diaryl/α,β-unsaturated/α-hetero) is 1. The number of rotatable bonds is 7. The summed E-state index contributed by atoms with van der Waals surface area (Å²) in [4.78, 5) is 40.1. The average molecular weight is 371 g/mol. The van der Waals surface area contributed by atoms with Crippen LogP contribution in [0.3, 0.4) is 0 Å². The summed E-state index contributed by atoms with van der Waals surface area (Å²) in [6.45, 7) is 0. The fraction of sp³-hybridized carbons (Fsp3) is 0.133. The summed E-state index contributed by atoms with van der Waals surface area (Å²) in [6, 6.07) is 5.62. The number of hydrogen-bond donors (Lipinski definition) is 3. The molecule has 0 bridgehead atoms. The van der Waals surface area contributed by atoms with E-state index >= 15 is 0 Å². The smallest absolute Gasteiger partial charge is 0.287 e. The van der Waals surface area contributed by atoms with Crippen LogP contribution in [-0.2, 0) is 16.0 Å². The van der Waals surface area contributed by atoms with Crippen LogP contribution in [0.15, 0.2) is 36.7 Å². The topological polar surface area (TPSA) is 157 Å². The molecule has 3 rings (SSSR count). The number of primary amides is 1. The van der Waals surface area contributed by atoms with E-state index in [9.17, 15) is 14.4 Å². The van der Waals surface area contributed by atoms with Gasteiger partial charge in [0.05, 0.1) is 23.1 Å². The van der Waals surface area contributed by atoms with Crippen LogP contribution in [-0.4, -0.2) is 47.6 Å². The maximum absolute atomic E-state index is 12.6. The average Bonchev–Trinajstić information content (AvgIpc) is 3.32. The molecule has 132 valence electrons. The molecule has 3 aromatic heterocycles. The van der Waals surface area contributed by atoms with Crippen molar-refractivity contribution in [2.24, 2.45) is 5.73 Å². The number of carbonyl (C=O) groups excluding carboxylic acids is 3. The first-order valence-electron chi connectivity index (χ1n) is 7.43. The van der Waals surface area contributed by atoms with Crippen molar-refractivity contribution in [2.45, 2.75) is 12.5 Å². The predicted octanol–water partition coefficient (Wildman–Crippen LogP) is -0.281. The Kier molecular flexibility index (Phi) is 5.08. The third kappa shape index (κ3) is 3.78. The molecule has 1 unspecified atom stereocenters. The Morgan fingerprint density at radius 2 is 2.08 bits per heavy atom. The summed E-state index contributed by atoms with van der Waals surface area (Å²) in [5.74, 6) is -2.73. The summed E-state index contributed by atoms with van der Waals surface area (Å²) in [6.07, 6.45) is 3.13. The summed E-state index contributed by atoms with van der Waals surface area (Å²) in [5.41, 5.74) is 6.34. The third-order valence-corrected chi connectivity index (χ3v) is 3.98. The van der Waals surface area contributed by atoms with Gasteiger partial charge in [0.15, 0.2) is 5.69 Å². The Bertz CT molecular complexity index is 924. The molecule has 0 aliphatic rings. The van der Waals surface area contributed by atoms with Gasteiger partial charge in [0.2, 0.25) is 5.78 Å². The summed E-state index contributed by atoms with van der Waals surface area (Å²) in [5, 5.41) is 8.99. The lowest BCUT2D eigenvalue weighted by molar-refractivity contribution is -0.137. The van der Waals surface area contributed by atoms with Crippen molar-refractivity contribution >= 4 is 29.3 Å². The van der Waals surface area contributed by atoms with Gasteiger partial charge in [-0.15, -0.1) is 0 Å². The van der Waals surface area contributed by atoms with Crippen molar-refractivity contribution in [1.29, 1.82) is 0 Å². The van der Waals surface area contributed by atoms with Crippen molar-refractivity contribution in [1.82, 2.24) is 29.2 Å². The molecule has 0 aromatic carbocycles. The second kappa shape index (κ2) is 7.61. The highest BCUT2D eigenvalue weighted by molar-refractivity contribution is 6.99. The molecule has 4 N–H and O–H groups in total. The normalized spacial score (nSPS) is 11.7. The number of nitrogens with one attached hydrogen (secondary N) is 2. The third-order valence-electron chi connectivity index (χ3n) is 3.45. The van der Waals surface area contributed by atoms with Crippen LogP contribution in [0.4, 0.5) is 0 Å². The number of nitrogens with zero attached hydrogens (tertiary/aromatic N) is 4. The Labute approximate surface area is 151 Å². The molecule has 1 atom stereocenters. The number of nitrogens with two attached hydrogens (primary N) is 1. The van der Waals surface area contributed by atoms with Gasteiger partial charge in [-0.05, 0) is 18.2 Å². The maximum Gasteiger partial charge on any atom is 0.287 e. The van der Waals surface area contributed by atoms with Gasteiger partial charge in [0.25, 0.3) is 11.8 Å². The van der Waals surface area contributed by atoms with E-state index in [0.29, 0.717) is 11.4 Å². The van der Waals surface area contributed by atoms with Gasteiger partial charge in [-0.2, -0.15) is 13.8 Å². The molecule has 0 radical (unpaired) electrons. The van der Waals surface area contributed by atoms with Crippen LogP contribution in [0.5, 0.6) is 0 Å². The van der Waals surface area contributed by atoms with E-state index in [1.165, 1.54) is 0 Å². The van der Waals surface area contributed by atoms with Crippen LogP contribution in [0.1, 0.15) is 16.2 Å². The van der Waals surface area contributed by atoms with Gasteiger partial charge in [-0.25, -0.2) is 0 Å². The molecule has 0 saturated carbocycles. The Hall–Kier alpha value is -3.47. The number of aromatic amines is 1. The molecule has 0 aliphatic heterocycles. The highest BCUT2D eigenvalue weighted by Crippen LogP contribution is 2.19. The zero-order chi connectivity index (χ0) is 18.5. The van der Waals surface area contributed by atoms with Gasteiger partial charge in [0, 0.05) is 18.8 Å². The number of hydrogen-bond acceptors (Lipinski definition) is 8. The standard InChI is InChI=1S/C15H13N7O3S/c16-14(24)13(23)10(7-8-4-6-18-20-8)19-15(25)12-11(21-26-22-12)9-3-1-2-5-17-9/h1-6,10H,7H2,(H2,16,24)(H,18,20)(H,19,25). The summed E-state index contributed by atoms with van der Waals surface area (Å²) < 4.78 is 8.06. The molecule has 0 spiro atoms. The highest BCUT2D eigenvalue weighted by Gasteiger charge is 2.28. The number of ketones is 1. The minimum absolute atomic E-state index is 0.00744. The van der Waals surface area contributed by atoms with Gasteiger partial charge in [-0.3, -0.25) is 24.5 Å². The molecule has 0 saturated heterocycles. The van der Waals surface area contributed by atoms with Crippen molar-refractivity contribution in [3.8, 4) is 11.4 Å². The largest absolute Gasteiger partial charge is 0.363 e. The van der Waals surface area contributed by atoms with E-state index in [4.69, 9.17) is 5.73 Å². The van der Waals surface area contributed by atoms with Crippen molar-refractivity contribution in [3.63, 3.8) is 0 Å². The lowest BCUT2D eigenvalue weighted by Crippen LogP contribution is -2.47. The summed E-state index contributed by atoms with van der Waals surface area (Å²) in [7, 11) is 0. The minimum Gasteiger partial charge on any atom is -0.363 e. The number of amides is 2. The molecule has 10 nitrogen and oxygen atoms in total. The SMILES string of the molecule is NC(=O)C(=O)C(Cc1cc[nH]n1)NC(=O)c1nsnc1-c1ccccn1. The zero-order valence-electron chi connectivity index (χ0n) is 13.2. The van der Waals surface area contributed by atoms with Gasteiger partial charge in [-0.1, -0.05) is 6.07 Å². The van der Waals surface area contributed by atoms with E-state index in [1.54, 1.807) is 36.7 Å². The fourth-order valence-corrected chi connectivity index (χ4v) is 2.78. The second-order valence-electron chi connectivity index (χ2n) is 5.20. The Morgan fingerprint density at radius 3 is 2.73 bits per heavy atom. The Balaban J connectivity index is 1.83. The van der Waals surface area contributed by atoms with Crippen LogP contribution >= 0.6 is 11.7 Å². The minimum atomic E-state index is -1.17. The molecular weight excluding hydrogens is 358 g/mol. The second-order valence-corrected chi connectivity index (χ2v) is 5.73. The first-order valence-corrected chi connectivity index (χ1v) is 8.16. The molecule has 3 aromatic rings. The monoisotopic (exact) mass is 371 g/mol. The number of pyridine rings is 1. The summed E-state index contributed by atoms with van der Waals surface area (Å²) >= 11 is 0.842. The number of aromatic nitrogens is 5. The lowest BCUT2D eigenvalue weighted by Gasteiger charge is -2.14. The lowest BCUT2D eigenvalue weighted by atomic mass is 10.1. The molecule has 0 aliphatic carbocycles. The number of carbonyl (C=O) groups is 3. The van der Waals surface area contributed by atoms with Gasteiger partial charge < -0.3 is 11.1 Å². The first-order chi connectivity index (χ1) is 12.6. The van der Waals surface area contributed by atoms with Crippen LogP contribution in [0.25, 0.3) is 11.4 Å². The van der Waals surface area contributed by atoms with Crippen LogP contribution < -0.4 is 11.1 Å². The van der Waals surface area contributed by atoms with Crippen molar-refractivity contribution < 1.29 is 14.4 Å². The van der Waals surface area contributed by atoms with Crippen molar-refractivity contribution in [2.75, 3.05) is 0 Å². The van der Waals surface area contributed by atoms with E-state index in [0.717, 1.165) is 11.7 Å². The fourth-order valence-electron chi connectivity index (χ4n) is 2.23. The quantitative estimate of drug-likeness (QED) is 0.482. The molecule has 2 amide bonds. The van der Waals surface area contributed by atoms with E-state index in [1.807, 2.05) is 0 Å². The maximum atomic E-state index is 12.6. The molecule has 0 fully saturated rings. The molecular formula is C15H13N7O3S. The first kappa shape index (κ1) is 17.4. The zero-order valence-corrected chi connectivity index (χ0v) is 14.1. The van der Waals surface area contributed by atoms with E-state index in [2.05, 4.69) is 29.2 Å². The molecule has 26 heavy (non-hydrogen) atoms. The van der Waals surface area contributed by atoms with E-state index in [-0.39, 0.29) is 17.8 Å².